The molecule has 1 aliphatic heterocycles. The Kier molecular flexibility index (Phi) is 4.84. The third-order valence-electron chi connectivity index (χ3n) is 4.19. The summed E-state index contributed by atoms with van der Waals surface area (Å²) in [6.45, 7) is 1.17. The van der Waals surface area contributed by atoms with E-state index in [2.05, 4.69) is 15.3 Å². The topological polar surface area (TPSA) is 128 Å². The maximum Gasteiger partial charge on any atom is 0.404 e. The number of piperidine rings is 1. The molecule has 1 atom stereocenters. The van der Waals surface area contributed by atoms with Crippen molar-refractivity contribution in [2.45, 2.75) is 18.9 Å². The van der Waals surface area contributed by atoms with E-state index in [4.69, 9.17) is 16.1 Å². The van der Waals surface area contributed by atoms with E-state index in [1.807, 2.05) is 4.90 Å². The molecular weight excluding hydrogens is 339 g/mol. The Labute approximate surface area is 149 Å². The number of benzene rings is 1. The number of carboxylic acid groups (broad SMARTS) is 1. The Morgan fingerprint density at radius 3 is 2.92 bits per heavy atom. The zero-order valence-electron chi connectivity index (χ0n) is 13.8. The van der Waals surface area contributed by atoms with Crippen molar-refractivity contribution < 1.29 is 14.3 Å². The van der Waals surface area contributed by atoms with Gasteiger partial charge in [-0.15, -0.1) is 0 Å². The Morgan fingerprint density at radius 1 is 1.42 bits per heavy atom. The van der Waals surface area contributed by atoms with Crippen LogP contribution in [0.4, 0.5) is 21.0 Å². The first-order valence-electron chi connectivity index (χ1n) is 8.05. The summed E-state index contributed by atoms with van der Waals surface area (Å²) in [6, 6.07) is 7.47. The van der Waals surface area contributed by atoms with Crippen LogP contribution in [0.25, 0.3) is 11.3 Å². The lowest BCUT2D eigenvalue weighted by Crippen LogP contribution is -2.47. The molecule has 26 heavy (non-hydrogen) atoms. The first kappa shape index (κ1) is 17.4. The lowest BCUT2D eigenvalue weighted by atomic mass is 10.1. The molecule has 0 spiro atoms. The number of nitrogen functional groups attached to an aromatic ring is 1. The molecule has 0 bridgehead atoms. The Morgan fingerprint density at radius 2 is 2.23 bits per heavy atom. The molecule has 2 aromatic rings. The van der Waals surface area contributed by atoms with Gasteiger partial charge in [0.15, 0.2) is 0 Å². The number of nitrogens with two attached hydrogens (primary N) is 1. The van der Waals surface area contributed by atoms with Crippen LogP contribution in [-0.2, 0) is 0 Å². The average molecular weight is 356 g/mol. The standard InChI is InChI=1S/C17H17FN6O2/c18-13-6-10(3-4-11(13)8-19)14-7-15(23-16(20)22-14)24-5-1-2-12(9-24)21-17(25)26/h3-4,6-7,12,21H,1-2,5,9H2,(H,25,26)(H2,20,22,23)/t12-/m1/s1. The highest BCUT2D eigenvalue weighted by Crippen LogP contribution is 2.26. The van der Waals surface area contributed by atoms with Crippen molar-refractivity contribution in [1.29, 1.82) is 5.26 Å². The largest absolute Gasteiger partial charge is 0.465 e. The first-order chi connectivity index (χ1) is 12.5. The average Bonchev–Trinajstić information content (AvgIpc) is 2.61. The molecular formula is C17H17FN6O2. The van der Waals surface area contributed by atoms with E-state index in [0.29, 0.717) is 30.2 Å². The van der Waals surface area contributed by atoms with Crippen molar-refractivity contribution in [3.63, 3.8) is 0 Å². The van der Waals surface area contributed by atoms with Crippen molar-refractivity contribution in [3.8, 4) is 17.3 Å². The van der Waals surface area contributed by atoms with Gasteiger partial charge >= 0.3 is 6.09 Å². The minimum atomic E-state index is -1.06. The number of halogens is 1. The van der Waals surface area contributed by atoms with Gasteiger partial charge in [0, 0.05) is 30.8 Å². The number of aromatic nitrogens is 2. The molecule has 1 aliphatic rings. The Hall–Kier alpha value is -3.41. The number of nitriles is 1. The molecule has 0 radical (unpaired) electrons. The number of rotatable bonds is 3. The second-order valence-corrected chi connectivity index (χ2v) is 6.01. The highest BCUT2D eigenvalue weighted by Gasteiger charge is 2.23. The van der Waals surface area contributed by atoms with Gasteiger partial charge in [0.1, 0.15) is 17.7 Å². The Balaban J connectivity index is 1.89. The SMILES string of the molecule is N#Cc1ccc(-c2cc(N3CCC[C@@H](NC(=O)O)C3)nc(N)n2)cc1F. The van der Waals surface area contributed by atoms with Gasteiger partial charge in [-0.05, 0) is 25.0 Å². The van der Waals surface area contributed by atoms with Crippen molar-refractivity contribution in [2.24, 2.45) is 0 Å². The molecule has 0 unspecified atom stereocenters. The van der Waals surface area contributed by atoms with Crippen LogP contribution < -0.4 is 16.0 Å². The van der Waals surface area contributed by atoms with Crippen molar-refractivity contribution in [2.75, 3.05) is 23.7 Å². The third kappa shape index (κ3) is 3.80. The van der Waals surface area contributed by atoms with E-state index in [0.717, 1.165) is 12.8 Å². The van der Waals surface area contributed by atoms with Gasteiger partial charge in [0.25, 0.3) is 0 Å². The predicted octanol–water partition coefficient (Wildman–Crippen LogP) is 1.97. The lowest BCUT2D eigenvalue weighted by molar-refractivity contribution is 0.188. The van der Waals surface area contributed by atoms with Gasteiger partial charge in [0.2, 0.25) is 5.95 Å². The number of anilines is 2. The van der Waals surface area contributed by atoms with Crippen LogP contribution in [0, 0.1) is 17.1 Å². The molecule has 2 heterocycles. The monoisotopic (exact) mass is 356 g/mol. The molecule has 1 aromatic heterocycles. The summed E-state index contributed by atoms with van der Waals surface area (Å²) in [5.74, 6) is -0.0443. The zero-order valence-corrected chi connectivity index (χ0v) is 13.8. The fourth-order valence-electron chi connectivity index (χ4n) is 3.01. The fraction of sp³-hybridized carbons (Fsp3) is 0.294. The molecule has 0 aliphatic carbocycles. The molecule has 0 saturated carbocycles. The number of amides is 1. The smallest absolute Gasteiger partial charge is 0.404 e. The second-order valence-electron chi connectivity index (χ2n) is 6.01. The van der Waals surface area contributed by atoms with Crippen molar-refractivity contribution >= 4 is 17.9 Å². The molecule has 1 amide bonds. The van der Waals surface area contributed by atoms with Crippen LogP contribution in [0.2, 0.25) is 0 Å². The predicted molar refractivity (Wildman–Crippen MR) is 92.9 cm³/mol. The van der Waals surface area contributed by atoms with Crippen LogP contribution in [0.1, 0.15) is 18.4 Å². The Bertz CT molecular complexity index is 882. The van der Waals surface area contributed by atoms with Crippen molar-refractivity contribution in [1.82, 2.24) is 15.3 Å². The lowest BCUT2D eigenvalue weighted by Gasteiger charge is -2.33. The van der Waals surface area contributed by atoms with Gasteiger partial charge < -0.3 is 21.1 Å². The minimum absolute atomic E-state index is 0.0376. The minimum Gasteiger partial charge on any atom is -0.465 e. The zero-order chi connectivity index (χ0) is 18.7. The molecule has 8 nitrogen and oxygen atoms in total. The summed E-state index contributed by atoms with van der Waals surface area (Å²) in [5, 5.41) is 20.2. The van der Waals surface area contributed by atoms with Crippen LogP contribution in [0.15, 0.2) is 24.3 Å². The maximum absolute atomic E-state index is 13.9. The normalized spacial score (nSPS) is 16.8. The van der Waals surface area contributed by atoms with E-state index >= 15 is 0 Å². The molecule has 1 saturated heterocycles. The third-order valence-corrected chi connectivity index (χ3v) is 4.19. The molecule has 4 N–H and O–H groups in total. The number of nitrogens with zero attached hydrogens (tertiary/aromatic N) is 4. The molecule has 134 valence electrons. The molecule has 9 heteroatoms. The van der Waals surface area contributed by atoms with Gasteiger partial charge in [0.05, 0.1) is 11.3 Å². The van der Waals surface area contributed by atoms with Crippen LogP contribution >= 0.6 is 0 Å². The van der Waals surface area contributed by atoms with Crippen LogP contribution in [-0.4, -0.2) is 40.3 Å². The van der Waals surface area contributed by atoms with Gasteiger partial charge in [-0.3, -0.25) is 0 Å². The van der Waals surface area contributed by atoms with Crippen LogP contribution in [0.3, 0.4) is 0 Å². The van der Waals surface area contributed by atoms with E-state index in [9.17, 15) is 9.18 Å². The number of hydrogen-bond acceptors (Lipinski definition) is 6. The van der Waals surface area contributed by atoms with E-state index in [-0.39, 0.29) is 17.6 Å². The summed E-state index contributed by atoms with van der Waals surface area (Å²) in [7, 11) is 0. The highest BCUT2D eigenvalue weighted by molar-refractivity contribution is 5.66. The number of carbonyl (C=O) groups is 1. The van der Waals surface area contributed by atoms with E-state index in [1.54, 1.807) is 18.2 Å². The molecule has 1 fully saturated rings. The van der Waals surface area contributed by atoms with Gasteiger partial charge in [-0.2, -0.15) is 10.2 Å². The second kappa shape index (κ2) is 7.23. The fourth-order valence-corrected chi connectivity index (χ4v) is 3.01. The van der Waals surface area contributed by atoms with E-state index in [1.165, 1.54) is 12.1 Å². The number of hydrogen-bond donors (Lipinski definition) is 3. The number of nitrogens with one attached hydrogen (secondary N) is 1. The van der Waals surface area contributed by atoms with Gasteiger partial charge in [-0.1, -0.05) is 6.07 Å². The summed E-state index contributed by atoms with van der Waals surface area (Å²) >= 11 is 0. The summed E-state index contributed by atoms with van der Waals surface area (Å²) < 4.78 is 13.9. The molecule has 1 aromatic carbocycles. The van der Waals surface area contributed by atoms with Gasteiger partial charge in [-0.25, -0.2) is 14.2 Å². The summed E-state index contributed by atoms with van der Waals surface area (Å²) in [6.07, 6.45) is 0.486. The van der Waals surface area contributed by atoms with Crippen LogP contribution in [0.5, 0.6) is 0 Å². The van der Waals surface area contributed by atoms with Crippen molar-refractivity contribution in [3.05, 3.63) is 35.6 Å². The maximum atomic E-state index is 13.9. The first-order valence-corrected chi connectivity index (χ1v) is 8.05. The summed E-state index contributed by atoms with van der Waals surface area (Å²) in [5.41, 5.74) is 6.68. The highest BCUT2D eigenvalue weighted by atomic mass is 19.1. The quantitative estimate of drug-likeness (QED) is 0.767. The molecule has 3 rings (SSSR count). The van der Waals surface area contributed by atoms with E-state index < -0.39 is 11.9 Å². The summed E-state index contributed by atoms with van der Waals surface area (Å²) in [4.78, 5) is 21.1.